The van der Waals surface area contributed by atoms with E-state index in [-0.39, 0.29) is 5.79 Å². The van der Waals surface area contributed by atoms with E-state index in [4.69, 9.17) is 14.5 Å². The molecule has 29 heavy (non-hydrogen) atoms. The van der Waals surface area contributed by atoms with Crippen molar-refractivity contribution in [3.8, 4) is 0 Å². The van der Waals surface area contributed by atoms with Crippen LogP contribution in [0.15, 0.2) is 30.5 Å². The first kappa shape index (κ1) is 18.6. The molecular weight excluding hydrogens is 368 g/mol. The maximum absolute atomic E-state index is 5.83. The molecule has 0 unspecified atom stereocenters. The van der Waals surface area contributed by atoms with Crippen molar-refractivity contribution in [2.24, 2.45) is 0 Å². The van der Waals surface area contributed by atoms with E-state index in [1.54, 1.807) is 6.20 Å². The fraction of sp³-hybridized carbons (Fsp3) is 0.571. The molecular formula is C21H28N6O2. The fourth-order valence-corrected chi connectivity index (χ4v) is 4.42. The minimum absolute atomic E-state index is 0.369. The quantitative estimate of drug-likeness (QED) is 0.779. The third kappa shape index (κ3) is 3.86. The highest BCUT2D eigenvalue weighted by molar-refractivity contribution is 5.50. The minimum Gasteiger partial charge on any atom is -0.368 e. The van der Waals surface area contributed by atoms with Crippen LogP contribution in [0.2, 0.25) is 0 Å². The van der Waals surface area contributed by atoms with E-state index >= 15 is 0 Å². The molecule has 0 atom stereocenters. The van der Waals surface area contributed by atoms with E-state index in [9.17, 15) is 0 Å². The molecule has 8 nitrogen and oxygen atoms in total. The highest BCUT2D eigenvalue weighted by atomic mass is 16.7. The zero-order chi connectivity index (χ0) is 19.7. The first-order valence-corrected chi connectivity index (χ1v) is 10.5. The molecule has 3 aliphatic rings. The molecule has 4 heterocycles. The van der Waals surface area contributed by atoms with Crippen LogP contribution in [0.4, 0.5) is 17.5 Å². The molecule has 0 radical (unpaired) electrons. The summed E-state index contributed by atoms with van der Waals surface area (Å²) in [5.41, 5.74) is 2.58. The minimum atomic E-state index is -0.369. The number of benzene rings is 1. The Morgan fingerprint density at radius 1 is 0.897 bits per heavy atom. The van der Waals surface area contributed by atoms with E-state index in [1.807, 2.05) is 0 Å². The lowest BCUT2D eigenvalue weighted by Gasteiger charge is -2.38. The van der Waals surface area contributed by atoms with Gasteiger partial charge in [0, 0.05) is 57.8 Å². The number of nitrogens with zero attached hydrogens (tertiary/aromatic N) is 6. The summed E-state index contributed by atoms with van der Waals surface area (Å²) in [6.07, 6.45) is 3.49. The number of hydrogen-bond donors (Lipinski definition) is 0. The Labute approximate surface area is 171 Å². The Kier molecular flexibility index (Phi) is 4.97. The molecule has 3 saturated heterocycles. The lowest BCUT2D eigenvalue weighted by atomic mass is 10.0. The van der Waals surface area contributed by atoms with Crippen molar-refractivity contribution in [2.75, 3.05) is 67.2 Å². The smallest absolute Gasteiger partial charge is 0.247 e. The van der Waals surface area contributed by atoms with Crippen LogP contribution in [0.1, 0.15) is 18.4 Å². The van der Waals surface area contributed by atoms with Gasteiger partial charge in [-0.1, -0.05) is 12.1 Å². The van der Waals surface area contributed by atoms with Gasteiger partial charge in [-0.05, 0) is 24.6 Å². The first-order chi connectivity index (χ1) is 14.2. The van der Waals surface area contributed by atoms with Crippen LogP contribution in [0, 0.1) is 6.92 Å². The number of piperazine rings is 1. The third-order valence-electron chi connectivity index (χ3n) is 6.13. The van der Waals surface area contributed by atoms with Crippen LogP contribution in [-0.2, 0) is 9.47 Å². The number of hydrogen-bond acceptors (Lipinski definition) is 8. The lowest BCUT2D eigenvalue weighted by Crippen LogP contribution is -2.48. The fourth-order valence-electron chi connectivity index (χ4n) is 4.42. The molecule has 3 fully saturated rings. The predicted octanol–water partition coefficient (Wildman–Crippen LogP) is 1.85. The number of anilines is 3. The van der Waals surface area contributed by atoms with Gasteiger partial charge in [0.1, 0.15) is 0 Å². The first-order valence-electron chi connectivity index (χ1n) is 10.5. The summed E-state index contributed by atoms with van der Waals surface area (Å²) < 4.78 is 11.7. The van der Waals surface area contributed by atoms with Gasteiger partial charge in [-0.2, -0.15) is 10.1 Å². The molecule has 0 bridgehead atoms. The van der Waals surface area contributed by atoms with Crippen molar-refractivity contribution in [2.45, 2.75) is 25.6 Å². The standard InChI is InChI=1S/C21H28N6O2/c1-17-3-2-4-18(15-17)25-9-11-27(12-10-25)20-23-19(16-22-24-20)26-7-5-21(6-8-26)28-13-14-29-21/h2-4,15-16H,5-14H2,1H3. The van der Waals surface area contributed by atoms with Gasteiger partial charge in [0.05, 0.1) is 19.4 Å². The van der Waals surface area contributed by atoms with Gasteiger partial charge < -0.3 is 24.2 Å². The Morgan fingerprint density at radius 2 is 1.62 bits per heavy atom. The van der Waals surface area contributed by atoms with Gasteiger partial charge in [-0.25, -0.2) is 0 Å². The van der Waals surface area contributed by atoms with Crippen molar-refractivity contribution in [3.63, 3.8) is 0 Å². The zero-order valence-electron chi connectivity index (χ0n) is 17.0. The summed E-state index contributed by atoms with van der Waals surface area (Å²) in [4.78, 5) is 11.7. The Hall–Kier alpha value is -2.45. The predicted molar refractivity (Wildman–Crippen MR) is 112 cm³/mol. The summed E-state index contributed by atoms with van der Waals surface area (Å²) in [7, 11) is 0. The van der Waals surface area contributed by atoms with E-state index < -0.39 is 0 Å². The van der Waals surface area contributed by atoms with Crippen molar-refractivity contribution in [1.29, 1.82) is 0 Å². The van der Waals surface area contributed by atoms with Gasteiger partial charge in [0.15, 0.2) is 11.6 Å². The maximum Gasteiger partial charge on any atom is 0.247 e. The normalized spacial score (nSPS) is 21.8. The second-order valence-electron chi connectivity index (χ2n) is 8.02. The Morgan fingerprint density at radius 3 is 2.34 bits per heavy atom. The van der Waals surface area contributed by atoms with Gasteiger partial charge in [-0.15, -0.1) is 5.10 Å². The lowest BCUT2D eigenvalue weighted by molar-refractivity contribution is -0.169. The second kappa shape index (κ2) is 7.76. The monoisotopic (exact) mass is 396 g/mol. The van der Waals surface area contributed by atoms with Crippen molar-refractivity contribution in [3.05, 3.63) is 36.0 Å². The van der Waals surface area contributed by atoms with Crippen LogP contribution in [0.3, 0.4) is 0 Å². The summed E-state index contributed by atoms with van der Waals surface area (Å²) in [5, 5.41) is 8.55. The topological polar surface area (TPSA) is 66.9 Å². The average molecular weight is 396 g/mol. The zero-order valence-corrected chi connectivity index (χ0v) is 17.0. The molecule has 1 aromatic heterocycles. The summed E-state index contributed by atoms with van der Waals surface area (Å²) in [6, 6.07) is 8.69. The average Bonchev–Trinajstić information content (AvgIpc) is 3.22. The third-order valence-corrected chi connectivity index (χ3v) is 6.13. The molecule has 0 saturated carbocycles. The number of aryl methyl sites for hydroxylation is 1. The number of aromatic nitrogens is 3. The van der Waals surface area contributed by atoms with Gasteiger partial charge >= 0.3 is 0 Å². The molecule has 1 spiro atoms. The molecule has 5 rings (SSSR count). The van der Waals surface area contributed by atoms with Crippen molar-refractivity contribution < 1.29 is 9.47 Å². The molecule has 8 heteroatoms. The Bertz CT molecular complexity index is 839. The molecule has 2 aromatic rings. The Balaban J connectivity index is 1.22. The summed E-state index contributed by atoms with van der Waals surface area (Å²) in [5.74, 6) is 1.25. The van der Waals surface area contributed by atoms with E-state index in [0.717, 1.165) is 63.9 Å². The summed E-state index contributed by atoms with van der Waals surface area (Å²) in [6.45, 7) is 8.96. The van der Waals surface area contributed by atoms with Gasteiger partial charge in [-0.3, -0.25) is 0 Å². The number of ether oxygens (including phenoxy) is 2. The van der Waals surface area contributed by atoms with Gasteiger partial charge in [0.25, 0.3) is 0 Å². The van der Waals surface area contributed by atoms with Crippen molar-refractivity contribution >= 4 is 17.5 Å². The maximum atomic E-state index is 5.83. The highest BCUT2D eigenvalue weighted by Gasteiger charge is 2.40. The largest absolute Gasteiger partial charge is 0.368 e. The van der Waals surface area contributed by atoms with E-state index in [1.165, 1.54) is 11.3 Å². The summed E-state index contributed by atoms with van der Waals surface area (Å²) >= 11 is 0. The van der Waals surface area contributed by atoms with Crippen LogP contribution >= 0.6 is 0 Å². The van der Waals surface area contributed by atoms with E-state index in [0.29, 0.717) is 13.2 Å². The molecule has 3 aliphatic heterocycles. The number of rotatable bonds is 3. The molecule has 1 aromatic carbocycles. The van der Waals surface area contributed by atoms with Crippen LogP contribution in [0.25, 0.3) is 0 Å². The number of piperidine rings is 1. The van der Waals surface area contributed by atoms with Crippen LogP contribution < -0.4 is 14.7 Å². The molecule has 0 amide bonds. The van der Waals surface area contributed by atoms with Crippen molar-refractivity contribution in [1.82, 2.24) is 15.2 Å². The molecule has 0 N–H and O–H groups in total. The molecule has 0 aliphatic carbocycles. The van der Waals surface area contributed by atoms with Gasteiger partial charge in [0.2, 0.25) is 5.95 Å². The second-order valence-corrected chi connectivity index (χ2v) is 8.02. The molecule has 154 valence electrons. The van der Waals surface area contributed by atoms with Crippen LogP contribution in [0.5, 0.6) is 0 Å². The SMILES string of the molecule is Cc1cccc(N2CCN(c3nncc(N4CCC5(CC4)OCCO5)n3)CC2)c1. The van der Waals surface area contributed by atoms with E-state index in [2.05, 4.69) is 56.1 Å². The van der Waals surface area contributed by atoms with Crippen LogP contribution in [-0.4, -0.2) is 73.5 Å². The highest BCUT2D eigenvalue weighted by Crippen LogP contribution is 2.32.